The minimum absolute atomic E-state index is 1.09. The summed E-state index contributed by atoms with van der Waals surface area (Å²) in [7, 11) is 0. The van der Waals surface area contributed by atoms with Crippen LogP contribution in [0.4, 0.5) is 0 Å². The van der Waals surface area contributed by atoms with Crippen LogP contribution in [-0.4, -0.2) is 19.7 Å². The summed E-state index contributed by atoms with van der Waals surface area (Å²) in [4.78, 5) is 0. The Morgan fingerprint density at radius 1 is 0.500 bits per heavy atom. The maximum absolute atomic E-state index is 12.4. The van der Waals surface area contributed by atoms with Gasteiger partial charge in [0.05, 0.1) is 0 Å². The SMILES string of the molecule is Cc1ccccc1CCCCCCC[CH2][Sn](=[O])[CH2]CCCCCCCc1ccccc1C. The van der Waals surface area contributed by atoms with Gasteiger partial charge in [0.1, 0.15) is 0 Å². The molecule has 0 aliphatic rings. The first-order valence-corrected chi connectivity index (χ1v) is 18.5. The van der Waals surface area contributed by atoms with Gasteiger partial charge < -0.3 is 0 Å². The zero-order valence-electron chi connectivity index (χ0n) is 20.8. The van der Waals surface area contributed by atoms with Crippen LogP contribution < -0.4 is 0 Å². The molecule has 0 aliphatic carbocycles. The van der Waals surface area contributed by atoms with Crippen LogP contribution in [0.25, 0.3) is 0 Å². The van der Waals surface area contributed by atoms with E-state index in [9.17, 15) is 3.08 Å². The van der Waals surface area contributed by atoms with Crippen LogP contribution in [0, 0.1) is 13.8 Å². The molecular weight excluding hydrogens is 495 g/mol. The average molecular weight is 541 g/mol. The summed E-state index contributed by atoms with van der Waals surface area (Å²) in [6.07, 6.45) is 18.1. The van der Waals surface area contributed by atoms with E-state index in [0.717, 1.165) is 8.87 Å². The molecule has 0 amide bonds. The summed E-state index contributed by atoms with van der Waals surface area (Å²) in [6.45, 7) is 4.43. The van der Waals surface area contributed by atoms with Crippen molar-refractivity contribution in [2.24, 2.45) is 0 Å². The van der Waals surface area contributed by atoms with Crippen molar-refractivity contribution in [2.75, 3.05) is 0 Å². The van der Waals surface area contributed by atoms with E-state index in [0.29, 0.717) is 0 Å². The summed E-state index contributed by atoms with van der Waals surface area (Å²) in [5, 5.41) is 0. The molecule has 0 radical (unpaired) electrons. The fraction of sp³-hybridized carbons (Fsp3) is 0.600. The molecule has 0 aliphatic heterocycles. The second-order valence-corrected chi connectivity index (χ2v) is 15.6. The van der Waals surface area contributed by atoms with E-state index < -0.39 is 19.7 Å². The third kappa shape index (κ3) is 12.3. The average Bonchev–Trinajstić information content (AvgIpc) is 2.79. The molecule has 0 N–H and O–H groups in total. The van der Waals surface area contributed by atoms with Gasteiger partial charge in [0.15, 0.2) is 0 Å². The Bertz CT molecular complexity index is 703. The first-order valence-electron chi connectivity index (χ1n) is 13.3. The van der Waals surface area contributed by atoms with Crippen LogP contribution in [0.5, 0.6) is 0 Å². The monoisotopic (exact) mass is 542 g/mol. The van der Waals surface area contributed by atoms with E-state index >= 15 is 0 Å². The molecule has 2 heteroatoms. The zero-order chi connectivity index (χ0) is 22.9. The number of rotatable bonds is 18. The molecule has 32 heavy (non-hydrogen) atoms. The third-order valence-corrected chi connectivity index (χ3v) is 12.0. The molecule has 0 bridgehead atoms. The second-order valence-electron chi connectivity index (χ2n) is 9.63. The molecule has 0 aromatic heterocycles. The minimum atomic E-state index is -2.24. The standard InChI is InChI=1S/2C15H23.O.Sn/c2*1-3-4-5-6-7-8-12-15-13-10-9-11-14(15)2;;/h2*9-11,13H,1,3-8,12H2,2H3;;. The Balaban J connectivity index is 1.33. The molecule has 1 nitrogen and oxygen atoms in total. The van der Waals surface area contributed by atoms with Gasteiger partial charge in [0.25, 0.3) is 0 Å². The summed E-state index contributed by atoms with van der Waals surface area (Å²) in [5.41, 5.74) is 5.88. The molecule has 0 saturated carbocycles. The molecule has 2 rings (SSSR count). The van der Waals surface area contributed by atoms with Crippen molar-refractivity contribution in [2.45, 2.75) is 113 Å². The van der Waals surface area contributed by atoms with Crippen molar-refractivity contribution < 1.29 is 3.08 Å². The van der Waals surface area contributed by atoms with Gasteiger partial charge >= 0.3 is 206 Å². The summed E-state index contributed by atoms with van der Waals surface area (Å²) < 4.78 is 14.5. The van der Waals surface area contributed by atoms with Crippen molar-refractivity contribution in [1.82, 2.24) is 0 Å². The molecule has 0 saturated heterocycles. The number of aryl methyl sites for hydroxylation is 4. The van der Waals surface area contributed by atoms with E-state index in [1.807, 2.05) is 0 Å². The molecule has 0 fully saturated rings. The topological polar surface area (TPSA) is 17.1 Å². The number of hydrogen-bond acceptors (Lipinski definition) is 1. The van der Waals surface area contributed by atoms with Gasteiger partial charge in [0, 0.05) is 0 Å². The number of benzene rings is 2. The summed E-state index contributed by atoms with van der Waals surface area (Å²) in [6, 6.07) is 17.5. The number of hydrogen-bond donors (Lipinski definition) is 0. The molecule has 0 unspecified atom stereocenters. The Morgan fingerprint density at radius 2 is 0.844 bits per heavy atom. The van der Waals surface area contributed by atoms with Crippen LogP contribution in [0.1, 0.15) is 99.3 Å². The summed E-state index contributed by atoms with van der Waals surface area (Å²) in [5.74, 6) is 0. The quantitative estimate of drug-likeness (QED) is 0.136. The van der Waals surface area contributed by atoms with Crippen molar-refractivity contribution >= 4 is 19.7 Å². The molecule has 0 atom stereocenters. The Hall–Kier alpha value is -0.961. The number of unbranched alkanes of at least 4 members (excludes halogenated alkanes) is 10. The predicted octanol–water partition coefficient (Wildman–Crippen LogP) is 9.19. The van der Waals surface area contributed by atoms with Gasteiger partial charge in [-0.25, -0.2) is 0 Å². The van der Waals surface area contributed by atoms with Crippen molar-refractivity contribution in [3.8, 4) is 0 Å². The van der Waals surface area contributed by atoms with Gasteiger partial charge in [-0.2, -0.15) is 0 Å². The first-order chi connectivity index (χ1) is 15.7. The fourth-order valence-electron chi connectivity index (χ4n) is 4.60. The van der Waals surface area contributed by atoms with Crippen molar-refractivity contribution in [3.05, 3.63) is 70.8 Å². The van der Waals surface area contributed by atoms with Gasteiger partial charge in [-0.15, -0.1) is 0 Å². The zero-order valence-corrected chi connectivity index (χ0v) is 23.7. The van der Waals surface area contributed by atoms with E-state index in [2.05, 4.69) is 62.4 Å². The molecule has 0 spiro atoms. The predicted molar refractivity (Wildman–Crippen MR) is 141 cm³/mol. The maximum atomic E-state index is 12.4. The van der Waals surface area contributed by atoms with Crippen LogP contribution in [0.2, 0.25) is 8.87 Å². The van der Waals surface area contributed by atoms with Crippen LogP contribution in [-0.2, 0) is 15.9 Å². The van der Waals surface area contributed by atoms with Crippen molar-refractivity contribution in [1.29, 1.82) is 0 Å². The Morgan fingerprint density at radius 3 is 1.25 bits per heavy atom. The third-order valence-electron chi connectivity index (χ3n) is 6.83. The second kappa shape index (κ2) is 17.5. The normalized spacial score (nSPS) is 11.1. The van der Waals surface area contributed by atoms with Gasteiger partial charge in [0.2, 0.25) is 0 Å². The van der Waals surface area contributed by atoms with E-state index in [1.165, 1.54) is 112 Å². The van der Waals surface area contributed by atoms with Crippen molar-refractivity contribution in [3.63, 3.8) is 0 Å². The fourth-order valence-corrected chi connectivity index (χ4v) is 8.99. The van der Waals surface area contributed by atoms with Gasteiger partial charge in [-0.05, 0) is 0 Å². The Kier molecular flexibility index (Phi) is 14.9. The summed E-state index contributed by atoms with van der Waals surface area (Å²) >= 11 is -2.24. The van der Waals surface area contributed by atoms with Crippen LogP contribution in [0.3, 0.4) is 0 Å². The Labute approximate surface area is 205 Å². The molecule has 0 heterocycles. The first kappa shape index (κ1) is 27.3. The van der Waals surface area contributed by atoms with Crippen LogP contribution in [0.15, 0.2) is 48.5 Å². The van der Waals surface area contributed by atoms with E-state index in [1.54, 1.807) is 0 Å². The molecular formula is C30H46OSn. The van der Waals surface area contributed by atoms with Gasteiger partial charge in [-0.3, -0.25) is 0 Å². The van der Waals surface area contributed by atoms with Crippen LogP contribution >= 0.6 is 0 Å². The molecule has 2 aromatic carbocycles. The molecule has 176 valence electrons. The van der Waals surface area contributed by atoms with E-state index in [4.69, 9.17) is 0 Å². The van der Waals surface area contributed by atoms with E-state index in [-0.39, 0.29) is 0 Å². The molecule has 2 aromatic rings. The van der Waals surface area contributed by atoms with Gasteiger partial charge in [-0.1, -0.05) is 0 Å².